The SMILES string of the molecule is O=[N+]([O-])c1ccc(N2CCN(S(=O)(=O)/C=C/c3ccccc3)CC2)nc1. The molecule has 3 rings (SSSR count). The normalized spacial score (nSPS) is 16.1. The van der Waals surface area contributed by atoms with Crippen molar-refractivity contribution >= 4 is 27.6 Å². The lowest BCUT2D eigenvalue weighted by Crippen LogP contribution is -2.48. The fraction of sp³-hybridized carbons (Fsp3) is 0.235. The Bertz CT molecular complexity index is 890. The molecule has 1 saturated heterocycles. The van der Waals surface area contributed by atoms with Crippen LogP contribution in [0.3, 0.4) is 0 Å². The van der Waals surface area contributed by atoms with Crippen molar-refractivity contribution in [1.29, 1.82) is 0 Å². The molecule has 1 aromatic carbocycles. The van der Waals surface area contributed by atoms with Gasteiger partial charge in [0, 0.05) is 37.7 Å². The molecule has 1 fully saturated rings. The molecule has 9 heteroatoms. The molecule has 0 aliphatic carbocycles. The highest BCUT2D eigenvalue weighted by Gasteiger charge is 2.25. The first-order valence-electron chi connectivity index (χ1n) is 8.04. The quantitative estimate of drug-likeness (QED) is 0.587. The van der Waals surface area contributed by atoms with E-state index < -0.39 is 14.9 Å². The van der Waals surface area contributed by atoms with Gasteiger partial charge in [0.2, 0.25) is 10.0 Å². The van der Waals surface area contributed by atoms with Crippen molar-refractivity contribution in [3.63, 3.8) is 0 Å². The minimum atomic E-state index is -3.49. The predicted octanol–water partition coefficient (Wildman–Crippen LogP) is 2.11. The number of nitro groups is 1. The van der Waals surface area contributed by atoms with Crippen molar-refractivity contribution in [3.8, 4) is 0 Å². The maximum atomic E-state index is 12.5. The van der Waals surface area contributed by atoms with Crippen molar-refractivity contribution < 1.29 is 13.3 Å². The Hall–Kier alpha value is -2.78. The zero-order valence-corrected chi connectivity index (χ0v) is 14.7. The van der Waals surface area contributed by atoms with Gasteiger partial charge in [0.15, 0.2) is 0 Å². The van der Waals surface area contributed by atoms with E-state index >= 15 is 0 Å². The molecule has 0 saturated carbocycles. The second-order valence-electron chi connectivity index (χ2n) is 5.78. The number of pyridine rings is 1. The molecule has 0 N–H and O–H groups in total. The van der Waals surface area contributed by atoms with Crippen LogP contribution in [0.1, 0.15) is 5.56 Å². The number of piperazine rings is 1. The molecule has 2 heterocycles. The first-order valence-corrected chi connectivity index (χ1v) is 9.55. The van der Waals surface area contributed by atoms with Gasteiger partial charge in [-0.2, -0.15) is 4.31 Å². The van der Waals surface area contributed by atoms with Gasteiger partial charge in [0.25, 0.3) is 5.69 Å². The van der Waals surface area contributed by atoms with Crippen molar-refractivity contribution in [3.05, 3.63) is 69.7 Å². The van der Waals surface area contributed by atoms with E-state index in [-0.39, 0.29) is 5.69 Å². The Balaban J connectivity index is 1.62. The summed E-state index contributed by atoms with van der Waals surface area (Å²) < 4.78 is 26.3. The number of anilines is 1. The number of benzene rings is 1. The smallest absolute Gasteiger partial charge is 0.287 e. The molecule has 1 aliphatic heterocycles. The van der Waals surface area contributed by atoms with Gasteiger partial charge in [-0.3, -0.25) is 10.1 Å². The van der Waals surface area contributed by atoms with Gasteiger partial charge in [0.05, 0.1) is 4.92 Å². The van der Waals surface area contributed by atoms with Gasteiger partial charge in [0.1, 0.15) is 12.0 Å². The highest BCUT2D eigenvalue weighted by molar-refractivity contribution is 7.92. The van der Waals surface area contributed by atoms with Gasteiger partial charge < -0.3 is 4.90 Å². The highest BCUT2D eigenvalue weighted by Crippen LogP contribution is 2.19. The number of rotatable bonds is 5. The second-order valence-corrected chi connectivity index (χ2v) is 7.59. The molecular weight excluding hydrogens is 356 g/mol. The van der Waals surface area contributed by atoms with Crippen LogP contribution in [0.15, 0.2) is 54.1 Å². The summed E-state index contributed by atoms with van der Waals surface area (Å²) in [6, 6.07) is 12.2. The Labute approximate surface area is 151 Å². The summed E-state index contributed by atoms with van der Waals surface area (Å²) in [6.07, 6.45) is 2.79. The molecule has 136 valence electrons. The van der Waals surface area contributed by atoms with Crippen LogP contribution in [0.4, 0.5) is 11.5 Å². The summed E-state index contributed by atoms with van der Waals surface area (Å²) in [5.74, 6) is 0.604. The molecule has 0 amide bonds. The van der Waals surface area contributed by atoms with E-state index in [1.807, 2.05) is 35.2 Å². The standard InChI is InChI=1S/C17H18N4O4S/c22-21(23)16-6-7-17(18-14-16)19-9-11-20(12-10-19)26(24,25)13-8-15-4-2-1-3-5-15/h1-8,13-14H,9-12H2/b13-8+. The lowest BCUT2D eigenvalue weighted by molar-refractivity contribution is -0.385. The van der Waals surface area contributed by atoms with E-state index in [0.717, 1.165) is 5.56 Å². The van der Waals surface area contributed by atoms with Gasteiger partial charge >= 0.3 is 0 Å². The Kier molecular flexibility index (Phi) is 5.29. The third-order valence-corrected chi connectivity index (χ3v) is 5.66. The topological polar surface area (TPSA) is 96.6 Å². The molecule has 2 aromatic rings. The van der Waals surface area contributed by atoms with Gasteiger partial charge in [-0.1, -0.05) is 30.3 Å². The lowest BCUT2D eigenvalue weighted by Gasteiger charge is -2.33. The Morgan fingerprint density at radius 3 is 2.31 bits per heavy atom. The van der Waals surface area contributed by atoms with Crippen LogP contribution < -0.4 is 4.90 Å². The van der Waals surface area contributed by atoms with Crippen molar-refractivity contribution in [2.24, 2.45) is 0 Å². The van der Waals surface area contributed by atoms with E-state index in [1.165, 1.54) is 22.0 Å². The van der Waals surface area contributed by atoms with Crippen LogP contribution in [0.25, 0.3) is 6.08 Å². The minimum Gasteiger partial charge on any atom is -0.354 e. The van der Waals surface area contributed by atoms with Crippen LogP contribution in [-0.4, -0.2) is 48.8 Å². The maximum absolute atomic E-state index is 12.5. The largest absolute Gasteiger partial charge is 0.354 e. The van der Waals surface area contributed by atoms with E-state index in [0.29, 0.717) is 32.0 Å². The summed E-state index contributed by atoms with van der Waals surface area (Å²) in [5.41, 5.74) is 0.755. The van der Waals surface area contributed by atoms with Crippen LogP contribution >= 0.6 is 0 Å². The van der Waals surface area contributed by atoms with E-state index in [9.17, 15) is 18.5 Å². The van der Waals surface area contributed by atoms with E-state index in [1.54, 1.807) is 12.1 Å². The molecule has 0 bridgehead atoms. The Morgan fingerprint density at radius 1 is 1.04 bits per heavy atom. The van der Waals surface area contributed by atoms with Gasteiger partial charge in [-0.25, -0.2) is 13.4 Å². The summed E-state index contributed by atoms with van der Waals surface area (Å²) >= 11 is 0. The molecule has 0 radical (unpaired) electrons. The van der Waals surface area contributed by atoms with Crippen LogP contribution in [0.2, 0.25) is 0 Å². The molecular formula is C17H18N4O4S. The fourth-order valence-corrected chi connectivity index (χ4v) is 3.83. The maximum Gasteiger partial charge on any atom is 0.287 e. The zero-order valence-electron chi connectivity index (χ0n) is 13.9. The molecule has 1 aliphatic rings. The first kappa shape index (κ1) is 18.0. The van der Waals surface area contributed by atoms with Gasteiger partial charge in [-0.15, -0.1) is 0 Å². The molecule has 1 aromatic heterocycles. The van der Waals surface area contributed by atoms with Crippen LogP contribution in [0.5, 0.6) is 0 Å². The van der Waals surface area contributed by atoms with Crippen molar-refractivity contribution in [1.82, 2.24) is 9.29 Å². The lowest BCUT2D eigenvalue weighted by atomic mass is 10.2. The molecule has 8 nitrogen and oxygen atoms in total. The fourth-order valence-electron chi connectivity index (χ4n) is 2.66. The van der Waals surface area contributed by atoms with Crippen LogP contribution in [0, 0.1) is 10.1 Å². The number of sulfonamides is 1. The van der Waals surface area contributed by atoms with E-state index in [4.69, 9.17) is 0 Å². The second kappa shape index (κ2) is 7.63. The average Bonchev–Trinajstić information content (AvgIpc) is 2.67. The summed E-state index contributed by atoms with van der Waals surface area (Å²) in [4.78, 5) is 16.2. The third-order valence-electron chi connectivity index (χ3n) is 4.10. The minimum absolute atomic E-state index is 0.0685. The third kappa shape index (κ3) is 4.24. The Morgan fingerprint density at radius 2 is 1.73 bits per heavy atom. The molecule has 0 unspecified atom stereocenters. The molecule has 0 spiro atoms. The molecule has 0 atom stereocenters. The summed E-state index contributed by atoms with van der Waals surface area (Å²) in [5, 5.41) is 11.9. The number of nitrogens with zero attached hydrogens (tertiary/aromatic N) is 4. The summed E-state index contributed by atoms with van der Waals surface area (Å²) in [7, 11) is -3.49. The number of hydrogen-bond acceptors (Lipinski definition) is 6. The number of hydrogen-bond donors (Lipinski definition) is 0. The zero-order chi connectivity index (χ0) is 18.6. The number of aromatic nitrogens is 1. The monoisotopic (exact) mass is 374 g/mol. The average molecular weight is 374 g/mol. The van der Waals surface area contributed by atoms with Gasteiger partial charge in [-0.05, 0) is 17.7 Å². The van der Waals surface area contributed by atoms with Crippen molar-refractivity contribution in [2.75, 3.05) is 31.1 Å². The van der Waals surface area contributed by atoms with Crippen LogP contribution in [-0.2, 0) is 10.0 Å². The molecule has 26 heavy (non-hydrogen) atoms. The summed E-state index contributed by atoms with van der Waals surface area (Å²) in [6.45, 7) is 1.62. The highest BCUT2D eigenvalue weighted by atomic mass is 32.2. The van der Waals surface area contributed by atoms with E-state index in [2.05, 4.69) is 4.98 Å². The predicted molar refractivity (Wildman–Crippen MR) is 99.1 cm³/mol. The first-order chi connectivity index (χ1) is 12.5. The van der Waals surface area contributed by atoms with Crippen molar-refractivity contribution in [2.45, 2.75) is 0 Å².